The highest BCUT2D eigenvalue weighted by molar-refractivity contribution is 5.74. The maximum Gasteiger partial charge on any atom is 0.317 e. The first-order chi connectivity index (χ1) is 12.2. The highest BCUT2D eigenvalue weighted by Gasteiger charge is 2.24. The van der Waals surface area contributed by atoms with Crippen molar-refractivity contribution in [1.29, 1.82) is 0 Å². The Kier molecular flexibility index (Phi) is 6.37. The van der Waals surface area contributed by atoms with Crippen LogP contribution in [-0.2, 0) is 6.54 Å². The Balaban J connectivity index is 2.00. The minimum atomic E-state index is -0.286. The zero-order chi connectivity index (χ0) is 19.3. The van der Waals surface area contributed by atoms with Crippen molar-refractivity contribution in [3.8, 4) is 11.3 Å². The van der Waals surface area contributed by atoms with E-state index in [1.807, 2.05) is 7.05 Å². The first-order valence-corrected chi connectivity index (χ1v) is 8.73. The summed E-state index contributed by atoms with van der Waals surface area (Å²) in [6.07, 6.45) is 1.69. The first kappa shape index (κ1) is 19.9. The predicted molar refractivity (Wildman–Crippen MR) is 101 cm³/mol. The Morgan fingerprint density at radius 2 is 1.92 bits per heavy atom. The molecule has 2 rings (SSSR count). The largest absolute Gasteiger partial charge is 0.336 e. The molecule has 142 valence electrons. The summed E-state index contributed by atoms with van der Waals surface area (Å²) in [7, 11) is 3.78. The van der Waals surface area contributed by atoms with E-state index in [4.69, 9.17) is 0 Å². The summed E-state index contributed by atoms with van der Waals surface area (Å²) in [5, 5.41) is 9.98. The van der Waals surface area contributed by atoms with Gasteiger partial charge in [0.1, 0.15) is 5.82 Å². The van der Waals surface area contributed by atoms with Crippen molar-refractivity contribution in [1.82, 2.24) is 25.3 Å². The fourth-order valence-corrected chi connectivity index (χ4v) is 2.61. The molecule has 0 fully saturated rings. The number of H-pyrrole nitrogens is 1. The molecule has 0 aliphatic carbocycles. The Morgan fingerprint density at radius 1 is 1.27 bits per heavy atom. The van der Waals surface area contributed by atoms with Gasteiger partial charge in [-0.1, -0.05) is 6.92 Å². The number of amides is 2. The number of carbonyl (C=O) groups is 1. The Labute approximate surface area is 154 Å². The van der Waals surface area contributed by atoms with Gasteiger partial charge in [-0.05, 0) is 51.7 Å². The smallest absolute Gasteiger partial charge is 0.317 e. The van der Waals surface area contributed by atoms with E-state index >= 15 is 0 Å². The average Bonchev–Trinajstić information content (AvgIpc) is 3.07. The van der Waals surface area contributed by atoms with Gasteiger partial charge >= 0.3 is 6.03 Å². The highest BCUT2D eigenvalue weighted by atomic mass is 19.1. The number of likely N-dealkylation sites (N-methyl/N-ethyl adjacent to an activating group) is 1. The van der Waals surface area contributed by atoms with Crippen LogP contribution < -0.4 is 5.32 Å². The lowest BCUT2D eigenvalue weighted by Gasteiger charge is -2.35. The lowest BCUT2D eigenvalue weighted by atomic mass is 10.0. The van der Waals surface area contributed by atoms with E-state index < -0.39 is 0 Å². The van der Waals surface area contributed by atoms with Crippen LogP contribution in [0.25, 0.3) is 11.3 Å². The number of halogens is 1. The summed E-state index contributed by atoms with van der Waals surface area (Å²) in [6.45, 7) is 8.15. The van der Waals surface area contributed by atoms with Gasteiger partial charge in [0.25, 0.3) is 0 Å². The Bertz CT molecular complexity index is 726. The molecule has 0 saturated carbocycles. The summed E-state index contributed by atoms with van der Waals surface area (Å²) in [5.74, 6) is -0.286. The maximum atomic E-state index is 13.1. The van der Waals surface area contributed by atoms with Crippen LogP contribution in [-0.4, -0.2) is 58.8 Å². The van der Waals surface area contributed by atoms with Crippen LogP contribution in [0, 0.1) is 5.82 Å². The zero-order valence-electron chi connectivity index (χ0n) is 16.1. The van der Waals surface area contributed by atoms with Crippen molar-refractivity contribution in [3.05, 3.63) is 41.8 Å². The lowest BCUT2D eigenvalue weighted by molar-refractivity contribution is 0.154. The average molecular weight is 361 g/mol. The molecular weight excluding hydrogens is 333 g/mol. The molecule has 0 saturated heterocycles. The number of rotatable bonds is 7. The van der Waals surface area contributed by atoms with Crippen LogP contribution in [0.3, 0.4) is 0 Å². The molecule has 0 atom stereocenters. The fourth-order valence-electron chi connectivity index (χ4n) is 2.61. The minimum absolute atomic E-state index is 0.125. The summed E-state index contributed by atoms with van der Waals surface area (Å²) in [5.41, 5.74) is 2.37. The molecule has 2 aromatic rings. The number of benzene rings is 1. The molecule has 2 N–H and O–H groups in total. The molecule has 1 aromatic carbocycles. The second-order valence-electron chi connectivity index (χ2n) is 7.12. The quantitative estimate of drug-likeness (QED) is 0.796. The monoisotopic (exact) mass is 361 g/mol. The van der Waals surface area contributed by atoms with Crippen molar-refractivity contribution in [3.63, 3.8) is 0 Å². The number of aromatic nitrogens is 2. The maximum absolute atomic E-state index is 13.1. The van der Waals surface area contributed by atoms with Crippen molar-refractivity contribution in [2.45, 2.75) is 32.9 Å². The third-order valence-corrected chi connectivity index (χ3v) is 4.78. The fraction of sp³-hybridized carbons (Fsp3) is 0.474. The number of urea groups is 1. The zero-order valence-corrected chi connectivity index (χ0v) is 16.1. The van der Waals surface area contributed by atoms with E-state index in [1.54, 1.807) is 30.3 Å². The predicted octanol–water partition coefficient (Wildman–Crippen LogP) is 3.09. The number of hydrogen-bond donors (Lipinski definition) is 2. The van der Waals surface area contributed by atoms with Gasteiger partial charge in [-0.2, -0.15) is 5.10 Å². The van der Waals surface area contributed by atoms with Crippen LogP contribution in [0.5, 0.6) is 0 Å². The number of carbonyl (C=O) groups excluding carboxylic acids is 1. The van der Waals surface area contributed by atoms with E-state index in [9.17, 15) is 9.18 Å². The number of aromatic amines is 1. The van der Waals surface area contributed by atoms with Gasteiger partial charge in [0.2, 0.25) is 0 Å². The summed E-state index contributed by atoms with van der Waals surface area (Å²) in [4.78, 5) is 16.2. The van der Waals surface area contributed by atoms with Gasteiger partial charge in [0.15, 0.2) is 0 Å². The van der Waals surface area contributed by atoms with E-state index in [0.717, 1.165) is 23.4 Å². The molecule has 26 heavy (non-hydrogen) atoms. The topological polar surface area (TPSA) is 64.3 Å². The van der Waals surface area contributed by atoms with Crippen LogP contribution in [0.4, 0.5) is 9.18 Å². The van der Waals surface area contributed by atoms with Crippen LogP contribution >= 0.6 is 0 Å². The normalized spacial score (nSPS) is 11.7. The molecule has 1 heterocycles. The minimum Gasteiger partial charge on any atom is -0.336 e. The molecule has 6 nitrogen and oxygen atoms in total. The summed E-state index contributed by atoms with van der Waals surface area (Å²) < 4.78 is 13.1. The van der Waals surface area contributed by atoms with Crippen molar-refractivity contribution >= 4 is 6.03 Å². The van der Waals surface area contributed by atoms with Crippen molar-refractivity contribution in [2.75, 3.05) is 27.2 Å². The van der Waals surface area contributed by atoms with Gasteiger partial charge in [0, 0.05) is 30.3 Å². The number of nitrogens with zero attached hydrogens (tertiary/aromatic N) is 3. The molecule has 0 unspecified atom stereocenters. The SMILES string of the molecule is CCN(C)C(C)(C)CNC(=O)N(C)Cc1cn[nH]c1-c1ccc(F)cc1. The molecule has 0 spiro atoms. The molecule has 0 radical (unpaired) electrons. The molecule has 2 amide bonds. The van der Waals surface area contributed by atoms with E-state index in [1.165, 1.54) is 12.1 Å². The summed E-state index contributed by atoms with van der Waals surface area (Å²) in [6, 6.07) is 6.05. The Morgan fingerprint density at radius 3 is 2.54 bits per heavy atom. The van der Waals surface area contributed by atoms with E-state index in [-0.39, 0.29) is 17.4 Å². The molecular formula is C19H28FN5O. The van der Waals surface area contributed by atoms with Crippen LogP contribution in [0.1, 0.15) is 26.3 Å². The first-order valence-electron chi connectivity index (χ1n) is 8.73. The number of hydrogen-bond acceptors (Lipinski definition) is 3. The lowest BCUT2D eigenvalue weighted by Crippen LogP contribution is -2.51. The third kappa shape index (κ3) is 4.82. The molecule has 0 aliphatic heterocycles. The van der Waals surface area contributed by atoms with Gasteiger partial charge in [0.05, 0.1) is 18.4 Å². The van der Waals surface area contributed by atoms with Gasteiger partial charge in [-0.3, -0.25) is 10.00 Å². The van der Waals surface area contributed by atoms with Crippen LogP contribution in [0.15, 0.2) is 30.5 Å². The second-order valence-corrected chi connectivity index (χ2v) is 7.12. The molecule has 0 bridgehead atoms. The van der Waals surface area contributed by atoms with Crippen molar-refractivity contribution in [2.24, 2.45) is 0 Å². The highest BCUT2D eigenvalue weighted by Crippen LogP contribution is 2.22. The van der Waals surface area contributed by atoms with E-state index in [0.29, 0.717) is 13.1 Å². The van der Waals surface area contributed by atoms with Gasteiger partial charge in [-0.25, -0.2) is 9.18 Å². The third-order valence-electron chi connectivity index (χ3n) is 4.78. The Hall–Kier alpha value is -2.41. The molecule has 7 heteroatoms. The van der Waals surface area contributed by atoms with Crippen LogP contribution in [0.2, 0.25) is 0 Å². The number of nitrogens with one attached hydrogen (secondary N) is 2. The van der Waals surface area contributed by atoms with Crippen molar-refractivity contribution < 1.29 is 9.18 Å². The van der Waals surface area contributed by atoms with E-state index in [2.05, 4.69) is 41.2 Å². The molecule has 0 aliphatic rings. The summed E-state index contributed by atoms with van der Waals surface area (Å²) >= 11 is 0. The second kappa shape index (κ2) is 8.31. The standard InChI is InChI=1S/C19H28FN5O/c1-6-25(5)19(2,3)13-21-18(26)24(4)12-15-11-22-23-17(15)14-7-9-16(20)10-8-14/h7-11H,6,12-13H2,1-5H3,(H,21,26)(H,22,23). The van der Waals surface area contributed by atoms with Gasteiger partial charge in [-0.15, -0.1) is 0 Å². The van der Waals surface area contributed by atoms with Gasteiger partial charge < -0.3 is 10.2 Å². The molecule has 1 aromatic heterocycles.